The van der Waals surface area contributed by atoms with Crippen molar-refractivity contribution in [3.63, 3.8) is 0 Å². The average molecular weight is 316 g/mol. The molecule has 0 radical (unpaired) electrons. The molecular formula is C17H24N4O2. The smallest absolute Gasteiger partial charge is 0.271 e. The summed E-state index contributed by atoms with van der Waals surface area (Å²) in [6.07, 6.45) is 2.85. The van der Waals surface area contributed by atoms with Gasteiger partial charge in [-0.15, -0.1) is 0 Å². The van der Waals surface area contributed by atoms with E-state index in [0.29, 0.717) is 12.2 Å². The number of hydrogen-bond acceptors (Lipinski definition) is 4. The molecule has 0 aliphatic heterocycles. The molecule has 2 N–H and O–H groups in total. The number of hydrogen-bond donors (Lipinski definition) is 2. The zero-order valence-corrected chi connectivity index (χ0v) is 13.9. The van der Waals surface area contributed by atoms with Gasteiger partial charge >= 0.3 is 0 Å². The second-order valence-electron chi connectivity index (χ2n) is 5.33. The Labute approximate surface area is 136 Å². The molecule has 0 bridgehead atoms. The molecule has 0 unspecified atom stereocenters. The van der Waals surface area contributed by atoms with Crippen molar-refractivity contribution in [1.82, 2.24) is 20.4 Å². The lowest BCUT2D eigenvalue weighted by Gasteiger charge is -2.09. The topological polar surface area (TPSA) is 68.2 Å². The van der Waals surface area contributed by atoms with Crippen LogP contribution in [0.4, 0.5) is 0 Å². The van der Waals surface area contributed by atoms with Crippen molar-refractivity contribution in [2.45, 2.75) is 20.3 Å². The standard InChI is InChI=1S/C17H24N4O2/c1-4-8-18-9-10-19-17(22)14-7-11-21(20-14)15-12-13(2)5-6-16(15)23-3/h5-7,11-12,18H,4,8-10H2,1-3H3,(H,19,22). The molecule has 0 aliphatic rings. The molecule has 2 rings (SSSR count). The van der Waals surface area contributed by atoms with Crippen molar-refractivity contribution < 1.29 is 9.53 Å². The van der Waals surface area contributed by atoms with Gasteiger partial charge < -0.3 is 15.4 Å². The third kappa shape index (κ3) is 4.56. The van der Waals surface area contributed by atoms with Gasteiger partial charge in [0.05, 0.1) is 7.11 Å². The summed E-state index contributed by atoms with van der Waals surface area (Å²) in [6.45, 7) is 6.41. The monoisotopic (exact) mass is 316 g/mol. The number of amides is 1. The number of nitrogens with one attached hydrogen (secondary N) is 2. The van der Waals surface area contributed by atoms with Crippen LogP contribution in [0.1, 0.15) is 29.4 Å². The summed E-state index contributed by atoms with van der Waals surface area (Å²) in [5.41, 5.74) is 2.31. The van der Waals surface area contributed by atoms with Crippen molar-refractivity contribution >= 4 is 5.91 Å². The minimum atomic E-state index is -0.173. The van der Waals surface area contributed by atoms with Gasteiger partial charge in [0.2, 0.25) is 0 Å². The van der Waals surface area contributed by atoms with E-state index in [-0.39, 0.29) is 5.91 Å². The van der Waals surface area contributed by atoms with E-state index in [9.17, 15) is 4.79 Å². The molecule has 0 saturated carbocycles. The minimum Gasteiger partial charge on any atom is -0.494 e. The van der Waals surface area contributed by atoms with Crippen molar-refractivity contribution in [1.29, 1.82) is 0 Å². The highest BCUT2D eigenvalue weighted by molar-refractivity contribution is 5.92. The Morgan fingerprint density at radius 3 is 2.83 bits per heavy atom. The van der Waals surface area contributed by atoms with E-state index >= 15 is 0 Å². The van der Waals surface area contributed by atoms with Gasteiger partial charge in [-0.2, -0.15) is 5.10 Å². The SMILES string of the molecule is CCCNCCNC(=O)c1ccn(-c2cc(C)ccc2OC)n1. The average Bonchev–Trinajstić information content (AvgIpc) is 3.04. The van der Waals surface area contributed by atoms with Crippen LogP contribution < -0.4 is 15.4 Å². The van der Waals surface area contributed by atoms with E-state index < -0.39 is 0 Å². The summed E-state index contributed by atoms with van der Waals surface area (Å²) in [5.74, 6) is 0.545. The van der Waals surface area contributed by atoms with Gasteiger partial charge in [0.15, 0.2) is 5.69 Å². The molecule has 0 saturated heterocycles. The predicted molar refractivity (Wildman–Crippen MR) is 90.3 cm³/mol. The molecule has 2 aromatic rings. The van der Waals surface area contributed by atoms with Gasteiger partial charge in [-0.05, 0) is 43.7 Å². The number of carbonyl (C=O) groups excluding carboxylic acids is 1. The molecular weight excluding hydrogens is 292 g/mol. The van der Waals surface area contributed by atoms with Gasteiger partial charge in [-0.3, -0.25) is 4.79 Å². The highest BCUT2D eigenvalue weighted by Crippen LogP contribution is 2.23. The Morgan fingerprint density at radius 1 is 1.26 bits per heavy atom. The van der Waals surface area contributed by atoms with Gasteiger partial charge in [0.1, 0.15) is 11.4 Å². The van der Waals surface area contributed by atoms with Crippen LogP contribution in [0.25, 0.3) is 5.69 Å². The molecule has 1 heterocycles. The molecule has 23 heavy (non-hydrogen) atoms. The van der Waals surface area contributed by atoms with Crippen LogP contribution >= 0.6 is 0 Å². The number of aryl methyl sites for hydroxylation is 1. The maximum atomic E-state index is 12.1. The number of benzene rings is 1. The number of ether oxygens (including phenoxy) is 1. The zero-order valence-electron chi connectivity index (χ0n) is 13.9. The fourth-order valence-corrected chi connectivity index (χ4v) is 2.22. The van der Waals surface area contributed by atoms with Gasteiger partial charge in [0, 0.05) is 19.3 Å². The van der Waals surface area contributed by atoms with E-state index in [4.69, 9.17) is 4.74 Å². The molecule has 1 aromatic heterocycles. The number of aromatic nitrogens is 2. The van der Waals surface area contributed by atoms with E-state index in [2.05, 4.69) is 22.7 Å². The normalized spacial score (nSPS) is 10.6. The minimum absolute atomic E-state index is 0.173. The van der Waals surface area contributed by atoms with Crippen LogP contribution in [0, 0.1) is 6.92 Å². The molecule has 0 fully saturated rings. The molecule has 1 aromatic carbocycles. The highest BCUT2D eigenvalue weighted by atomic mass is 16.5. The Hall–Kier alpha value is -2.34. The number of carbonyl (C=O) groups is 1. The first kappa shape index (κ1) is 17.0. The molecule has 6 heteroatoms. The lowest BCUT2D eigenvalue weighted by molar-refractivity contribution is 0.0948. The first-order valence-electron chi connectivity index (χ1n) is 7.85. The van der Waals surface area contributed by atoms with E-state index in [1.165, 1.54) is 0 Å². The largest absolute Gasteiger partial charge is 0.494 e. The third-order valence-corrected chi connectivity index (χ3v) is 3.42. The Bertz CT molecular complexity index is 652. The second-order valence-corrected chi connectivity index (χ2v) is 5.33. The van der Waals surface area contributed by atoms with E-state index in [1.807, 2.05) is 25.1 Å². The Balaban J connectivity index is 2.03. The summed E-state index contributed by atoms with van der Waals surface area (Å²) >= 11 is 0. The summed E-state index contributed by atoms with van der Waals surface area (Å²) in [6, 6.07) is 7.55. The molecule has 6 nitrogen and oxygen atoms in total. The van der Waals surface area contributed by atoms with Crippen LogP contribution in [0.15, 0.2) is 30.5 Å². The lowest BCUT2D eigenvalue weighted by Crippen LogP contribution is -2.32. The highest BCUT2D eigenvalue weighted by Gasteiger charge is 2.12. The van der Waals surface area contributed by atoms with Gasteiger partial charge in [0.25, 0.3) is 5.91 Å². The van der Waals surface area contributed by atoms with Crippen LogP contribution in [0.2, 0.25) is 0 Å². The van der Waals surface area contributed by atoms with Crippen molar-refractivity contribution in [2.75, 3.05) is 26.7 Å². The quantitative estimate of drug-likeness (QED) is 0.730. The molecule has 0 atom stereocenters. The van der Waals surface area contributed by atoms with E-state index in [1.54, 1.807) is 24.1 Å². The predicted octanol–water partition coefficient (Wildman–Crippen LogP) is 1.92. The maximum Gasteiger partial charge on any atom is 0.271 e. The number of methoxy groups -OCH3 is 1. The lowest BCUT2D eigenvalue weighted by atomic mass is 10.2. The number of rotatable bonds is 8. The molecule has 124 valence electrons. The van der Waals surface area contributed by atoms with Gasteiger partial charge in [-0.1, -0.05) is 13.0 Å². The van der Waals surface area contributed by atoms with Crippen molar-refractivity contribution in [3.8, 4) is 11.4 Å². The number of nitrogens with zero attached hydrogens (tertiary/aromatic N) is 2. The first-order chi connectivity index (χ1) is 11.2. The fraction of sp³-hybridized carbons (Fsp3) is 0.412. The zero-order chi connectivity index (χ0) is 16.7. The van der Waals surface area contributed by atoms with Crippen LogP contribution in [-0.4, -0.2) is 42.4 Å². The van der Waals surface area contributed by atoms with Crippen molar-refractivity contribution in [3.05, 3.63) is 41.7 Å². The fourth-order valence-electron chi connectivity index (χ4n) is 2.22. The maximum absolute atomic E-state index is 12.1. The summed E-state index contributed by atoms with van der Waals surface area (Å²) in [4.78, 5) is 12.1. The van der Waals surface area contributed by atoms with Gasteiger partial charge in [-0.25, -0.2) is 4.68 Å². The second kappa shape index (κ2) is 8.33. The summed E-state index contributed by atoms with van der Waals surface area (Å²) in [5, 5.41) is 10.4. The summed E-state index contributed by atoms with van der Waals surface area (Å²) in [7, 11) is 1.62. The molecule has 1 amide bonds. The van der Waals surface area contributed by atoms with E-state index in [0.717, 1.165) is 36.5 Å². The summed E-state index contributed by atoms with van der Waals surface area (Å²) < 4.78 is 7.02. The Morgan fingerprint density at radius 2 is 2.09 bits per heavy atom. The molecule has 0 spiro atoms. The van der Waals surface area contributed by atoms with Crippen LogP contribution in [0.3, 0.4) is 0 Å². The van der Waals surface area contributed by atoms with Crippen LogP contribution in [-0.2, 0) is 0 Å². The van der Waals surface area contributed by atoms with Crippen LogP contribution in [0.5, 0.6) is 5.75 Å². The molecule has 0 aliphatic carbocycles. The third-order valence-electron chi connectivity index (χ3n) is 3.42. The first-order valence-corrected chi connectivity index (χ1v) is 7.85. The van der Waals surface area contributed by atoms with Crippen molar-refractivity contribution in [2.24, 2.45) is 0 Å². The Kier molecular flexibility index (Phi) is 6.17.